The Morgan fingerprint density at radius 1 is 1.14 bits per heavy atom. The molecule has 0 saturated heterocycles. The number of fused-ring (bicyclic) bond motifs is 1. The number of amides is 1. The van der Waals surface area contributed by atoms with Crippen LogP contribution in [-0.4, -0.2) is 17.9 Å². The predicted molar refractivity (Wildman–Crippen MR) is 90.0 cm³/mol. The van der Waals surface area contributed by atoms with Crippen LogP contribution in [0.15, 0.2) is 48.5 Å². The van der Waals surface area contributed by atoms with Crippen LogP contribution in [0.4, 0.5) is 11.4 Å². The van der Waals surface area contributed by atoms with Crippen LogP contribution in [0.3, 0.4) is 0 Å². The lowest BCUT2D eigenvalue weighted by Gasteiger charge is -2.15. The van der Waals surface area contributed by atoms with E-state index in [0.29, 0.717) is 4.99 Å². The number of hydrogen-bond donors (Lipinski definition) is 1. The minimum atomic E-state index is -0.403. The lowest BCUT2D eigenvalue weighted by molar-refractivity contribution is -0.116. The Hall–Kier alpha value is -2.20. The van der Waals surface area contributed by atoms with Gasteiger partial charge in [0.05, 0.1) is 4.99 Å². The largest absolute Gasteiger partial charge is 0.338 e. The van der Waals surface area contributed by atoms with E-state index in [-0.39, 0.29) is 5.91 Å². The highest BCUT2D eigenvalue weighted by molar-refractivity contribution is 7.80. The lowest BCUT2D eigenvalue weighted by atomic mass is 9.98. The molecule has 106 valence electrons. The summed E-state index contributed by atoms with van der Waals surface area (Å²) in [7, 11) is 1.92. The summed E-state index contributed by atoms with van der Waals surface area (Å²) in [5, 5.41) is 2.94. The number of benzene rings is 2. The summed E-state index contributed by atoms with van der Waals surface area (Å²) < 4.78 is 0. The molecule has 1 unspecified atom stereocenters. The summed E-state index contributed by atoms with van der Waals surface area (Å²) in [4.78, 5) is 15.2. The first kappa shape index (κ1) is 13.8. The monoisotopic (exact) mass is 296 g/mol. The molecular formula is C17H16N2OS. The first-order valence-corrected chi connectivity index (χ1v) is 7.23. The maximum atomic E-state index is 12.6. The summed E-state index contributed by atoms with van der Waals surface area (Å²) in [5.74, 6) is -0.484. The predicted octanol–water partition coefficient (Wildman–Crippen LogP) is 3.49. The van der Waals surface area contributed by atoms with E-state index in [9.17, 15) is 4.79 Å². The maximum Gasteiger partial charge on any atom is 0.238 e. The number of carbonyl (C=O) groups excluding carboxylic acids is 1. The van der Waals surface area contributed by atoms with E-state index in [1.165, 1.54) is 0 Å². The van der Waals surface area contributed by atoms with Crippen LogP contribution in [0.1, 0.15) is 17.0 Å². The Morgan fingerprint density at radius 2 is 1.86 bits per heavy atom. The molecule has 1 amide bonds. The second kappa shape index (κ2) is 5.30. The van der Waals surface area contributed by atoms with E-state index in [0.717, 1.165) is 22.5 Å². The molecule has 1 atom stereocenters. The van der Waals surface area contributed by atoms with Crippen molar-refractivity contribution in [2.75, 3.05) is 17.3 Å². The quantitative estimate of drug-likeness (QED) is 0.861. The van der Waals surface area contributed by atoms with Gasteiger partial charge < -0.3 is 10.2 Å². The van der Waals surface area contributed by atoms with Crippen molar-refractivity contribution in [3.8, 4) is 0 Å². The van der Waals surface area contributed by atoms with Crippen LogP contribution in [0.2, 0.25) is 0 Å². The van der Waals surface area contributed by atoms with Gasteiger partial charge in [-0.2, -0.15) is 0 Å². The third kappa shape index (κ3) is 2.32. The van der Waals surface area contributed by atoms with Crippen molar-refractivity contribution >= 4 is 34.5 Å². The number of likely N-dealkylation sites (N-methyl/N-ethyl adjacent to an activating group) is 1. The minimum Gasteiger partial charge on any atom is -0.338 e. The van der Waals surface area contributed by atoms with Gasteiger partial charge in [0.15, 0.2) is 0 Å². The molecule has 2 aromatic rings. The zero-order valence-corrected chi connectivity index (χ0v) is 12.8. The number of anilines is 2. The topological polar surface area (TPSA) is 32.3 Å². The Morgan fingerprint density at radius 3 is 2.57 bits per heavy atom. The molecule has 3 rings (SSSR count). The molecular weight excluding hydrogens is 280 g/mol. The summed E-state index contributed by atoms with van der Waals surface area (Å²) in [5.41, 5.74) is 3.95. The van der Waals surface area contributed by atoms with E-state index in [4.69, 9.17) is 12.2 Å². The molecule has 1 N–H and O–H groups in total. The van der Waals surface area contributed by atoms with Gasteiger partial charge in [0.2, 0.25) is 5.91 Å². The second-order valence-corrected chi connectivity index (χ2v) is 5.62. The van der Waals surface area contributed by atoms with Crippen molar-refractivity contribution in [1.82, 2.24) is 0 Å². The molecule has 0 aromatic heterocycles. The number of rotatable bonds is 2. The molecule has 1 heterocycles. The molecule has 0 fully saturated rings. The number of carbonyl (C=O) groups is 1. The van der Waals surface area contributed by atoms with E-state index in [1.807, 2.05) is 67.4 Å². The Balaban J connectivity index is 1.95. The van der Waals surface area contributed by atoms with Gasteiger partial charge in [0.1, 0.15) is 5.92 Å². The molecule has 4 heteroatoms. The standard InChI is InChI=1S/C17H16N2OS/c1-11-7-6-10-13-14(17(21)19(2)15(11)13)16(20)18-12-8-4-3-5-9-12/h3-10,14H,1-2H3,(H,18,20). The fourth-order valence-corrected chi connectivity index (χ4v) is 3.12. The fraction of sp³-hybridized carbons (Fsp3) is 0.176. The van der Waals surface area contributed by atoms with Gasteiger partial charge in [-0.15, -0.1) is 0 Å². The van der Waals surface area contributed by atoms with Gasteiger partial charge in [-0.05, 0) is 30.2 Å². The molecule has 0 bridgehead atoms. The first-order chi connectivity index (χ1) is 10.1. The summed E-state index contributed by atoms with van der Waals surface area (Å²) >= 11 is 5.49. The minimum absolute atomic E-state index is 0.0811. The smallest absolute Gasteiger partial charge is 0.238 e. The van der Waals surface area contributed by atoms with Crippen molar-refractivity contribution < 1.29 is 4.79 Å². The van der Waals surface area contributed by atoms with Crippen molar-refractivity contribution in [2.45, 2.75) is 12.8 Å². The zero-order chi connectivity index (χ0) is 15.0. The summed E-state index contributed by atoms with van der Waals surface area (Å²) in [6.07, 6.45) is 0. The molecule has 0 saturated carbocycles. The summed E-state index contributed by atoms with van der Waals surface area (Å²) in [6, 6.07) is 15.4. The average molecular weight is 296 g/mol. The van der Waals surface area contributed by atoms with Gasteiger partial charge in [-0.3, -0.25) is 4.79 Å². The van der Waals surface area contributed by atoms with E-state index in [1.54, 1.807) is 0 Å². The van der Waals surface area contributed by atoms with E-state index < -0.39 is 5.92 Å². The second-order valence-electron chi connectivity index (χ2n) is 5.20. The average Bonchev–Trinajstić information content (AvgIpc) is 2.73. The highest BCUT2D eigenvalue weighted by Gasteiger charge is 2.37. The number of nitrogens with zero attached hydrogens (tertiary/aromatic N) is 1. The van der Waals surface area contributed by atoms with Crippen LogP contribution in [0.5, 0.6) is 0 Å². The molecule has 2 aromatic carbocycles. The van der Waals surface area contributed by atoms with Crippen LogP contribution in [0.25, 0.3) is 0 Å². The molecule has 0 radical (unpaired) electrons. The van der Waals surface area contributed by atoms with E-state index in [2.05, 4.69) is 5.32 Å². The number of para-hydroxylation sites is 2. The van der Waals surface area contributed by atoms with Crippen molar-refractivity contribution in [3.63, 3.8) is 0 Å². The molecule has 0 aliphatic carbocycles. The van der Waals surface area contributed by atoms with Gasteiger partial charge in [-0.25, -0.2) is 0 Å². The van der Waals surface area contributed by atoms with Gasteiger partial charge in [-0.1, -0.05) is 48.6 Å². The number of thiocarbonyl (C=S) groups is 1. The van der Waals surface area contributed by atoms with Gasteiger partial charge in [0.25, 0.3) is 0 Å². The third-order valence-electron chi connectivity index (χ3n) is 3.80. The van der Waals surface area contributed by atoms with Crippen LogP contribution in [0, 0.1) is 6.92 Å². The molecule has 1 aliphatic heterocycles. The summed E-state index contributed by atoms with van der Waals surface area (Å²) in [6.45, 7) is 2.04. The van der Waals surface area contributed by atoms with Crippen LogP contribution in [-0.2, 0) is 4.79 Å². The highest BCUT2D eigenvalue weighted by atomic mass is 32.1. The van der Waals surface area contributed by atoms with Crippen molar-refractivity contribution in [1.29, 1.82) is 0 Å². The maximum absolute atomic E-state index is 12.6. The lowest BCUT2D eigenvalue weighted by Crippen LogP contribution is -2.30. The van der Waals surface area contributed by atoms with E-state index >= 15 is 0 Å². The third-order valence-corrected chi connectivity index (χ3v) is 4.31. The normalized spacial score (nSPS) is 16.8. The molecule has 21 heavy (non-hydrogen) atoms. The Bertz CT molecular complexity index is 712. The molecule has 1 aliphatic rings. The van der Waals surface area contributed by atoms with Crippen LogP contribution < -0.4 is 10.2 Å². The Labute approximate surface area is 129 Å². The fourth-order valence-electron chi connectivity index (χ4n) is 2.80. The number of aryl methyl sites for hydroxylation is 1. The zero-order valence-electron chi connectivity index (χ0n) is 12.0. The number of nitrogens with one attached hydrogen (secondary N) is 1. The highest BCUT2D eigenvalue weighted by Crippen LogP contribution is 2.39. The molecule has 0 spiro atoms. The SMILES string of the molecule is Cc1cccc2c1N(C)C(=S)C2C(=O)Nc1ccccc1. The Kier molecular flexibility index (Phi) is 3.47. The van der Waals surface area contributed by atoms with Crippen molar-refractivity contribution in [3.05, 3.63) is 59.7 Å². The van der Waals surface area contributed by atoms with Gasteiger partial charge in [0, 0.05) is 18.4 Å². The van der Waals surface area contributed by atoms with Crippen molar-refractivity contribution in [2.24, 2.45) is 0 Å². The van der Waals surface area contributed by atoms with Crippen LogP contribution >= 0.6 is 12.2 Å². The number of hydrogen-bond acceptors (Lipinski definition) is 2. The first-order valence-electron chi connectivity index (χ1n) is 6.82. The van der Waals surface area contributed by atoms with Gasteiger partial charge >= 0.3 is 0 Å². The molecule has 3 nitrogen and oxygen atoms in total.